The number of hydrogen-bond acceptors (Lipinski definition) is 9. The molecule has 1 amide bonds. The van der Waals surface area contributed by atoms with E-state index in [0.717, 1.165) is 42.8 Å². The van der Waals surface area contributed by atoms with Gasteiger partial charge in [-0.3, -0.25) is 19.2 Å². The highest BCUT2D eigenvalue weighted by Gasteiger charge is 2.34. The van der Waals surface area contributed by atoms with Gasteiger partial charge in [0, 0.05) is 23.4 Å². The molecule has 11 nitrogen and oxygen atoms in total. The number of anilines is 2. The molecule has 0 saturated heterocycles. The third-order valence-corrected chi connectivity index (χ3v) is 9.41. The number of nitrogens with zero attached hydrogens (tertiary/aromatic N) is 3. The van der Waals surface area contributed by atoms with E-state index in [-0.39, 0.29) is 11.4 Å². The molecule has 0 spiro atoms. The van der Waals surface area contributed by atoms with Gasteiger partial charge in [-0.25, -0.2) is 13.4 Å². The summed E-state index contributed by atoms with van der Waals surface area (Å²) in [6, 6.07) is 22.4. The first-order valence-electron chi connectivity index (χ1n) is 12.9. The molecule has 220 valence electrons. The van der Waals surface area contributed by atoms with E-state index in [1.807, 2.05) is 31.2 Å². The van der Waals surface area contributed by atoms with E-state index in [9.17, 15) is 23.3 Å². The molecule has 13 heteroatoms. The molecule has 1 heterocycles. The number of amides is 1. The van der Waals surface area contributed by atoms with Crippen LogP contribution in [0, 0.1) is 17.0 Å². The third kappa shape index (κ3) is 6.12. The van der Waals surface area contributed by atoms with Crippen molar-refractivity contribution in [1.82, 2.24) is 4.98 Å². The zero-order valence-corrected chi connectivity index (χ0v) is 24.9. The number of aryl methyl sites for hydroxylation is 1. The third-order valence-electron chi connectivity index (χ3n) is 6.53. The van der Waals surface area contributed by atoms with E-state index in [1.54, 1.807) is 23.5 Å². The highest BCUT2D eigenvalue weighted by Crippen LogP contribution is 2.37. The Balaban J connectivity index is 1.45. The number of ether oxygens (including phenoxy) is 2. The Bertz CT molecular complexity index is 1940. The Morgan fingerprint density at radius 2 is 1.74 bits per heavy atom. The van der Waals surface area contributed by atoms with Crippen LogP contribution in [-0.2, 0) is 14.8 Å². The van der Waals surface area contributed by atoms with Crippen LogP contribution in [0.4, 0.5) is 17.1 Å². The highest BCUT2D eigenvalue weighted by atomic mass is 32.2. The number of nitro groups is 1. The highest BCUT2D eigenvalue weighted by molar-refractivity contribution is 7.93. The number of para-hydroxylation sites is 1. The van der Waals surface area contributed by atoms with E-state index in [1.165, 1.54) is 44.6 Å². The van der Waals surface area contributed by atoms with Crippen LogP contribution in [0.15, 0.2) is 89.8 Å². The van der Waals surface area contributed by atoms with Crippen molar-refractivity contribution >= 4 is 54.5 Å². The summed E-state index contributed by atoms with van der Waals surface area (Å²) < 4.78 is 40.3. The SMILES string of the molecule is COc1ccc(N(CC(=O)Nc2ccc(-c3nc4ccc(C)cc4s3)cc2)S(=O)(=O)c2ccccc2[N+](=O)[O-])c(OC)c1. The van der Waals surface area contributed by atoms with Gasteiger partial charge in [0.1, 0.15) is 23.1 Å². The summed E-state index contributed by atoms with van der Waals surface area (Å²) in [7, 11) is -1.85. The standard InChI is InChI=1S/C30H26N4O7S2/c1-19-8-14-23-27(16-19)42-30(32-23)20-9-11-21(12-10-20)31-29(35)18-33(24-15-13-22(40-2)17-26(24)41-3)43(38,39)28-7-5-4-6-25(28)34(36)37/h4-17H,18H2,1-3H3,(H,31,35). The number of aromatic nitrogens is 1. The minimum absolute atomic E-state index is 0.00183. The van der Waals surface area contributed by atoms with Crippen molar-refractivity contribution in [3.8, 4) is 22.1 Å². The molecule has 0 unspecified atom stereocenters. The quantitative estimate of drug-likeness (QED) is 0.148. The number of fused-ring (bicyclic) bond motifs is 1. The molecule has 0 aliphatic heterocycles. The van der Waals surface area contributed by atoms with Gasteiger partial charge in [-0.15, -0.1) is 11.3 Å². The normalized spacial score (nSPS) is 11.2. The van der Waals surface area contributed by atoms with Crippen molar-refractivity contribution in [1.29, 1.82) is 0 Å². The lowest BCUT2D eigenvalue weighted by molar-refractivity contribution is -0.387. The van der Waals surface area contributed by atoms with Gasteiger partial charge in [-0.2, -0.15) is 0 Å². The first-order valence-corrected chi connectivity index (χ1v) is 15.1. The Morgan fingerprint density at radius 3 is 2.44 bits per heavy atom. The maximum Gasteiger partial charge on any atom is 0.289 e. The van der Waals surface area contributed by atoms with Gasteiger partial charge in [-0.05, 0) is 67.1 Å². The van der Waals surface area contributed by atoms with Crippen molar-refractivity contribution in [3.63, 3.8) is 0 Å². The first-order chi connectivity index (χ1) is 20.6. The second-order valence-electron chi connectivity index (χ2n) is 9.39. The number of nitro benzene ring substituents is 1. The molecule has 0 aliphatic rings. The van der Waals surface area contributed by atoms with Crippen LogP contribution in [0.2, 0.25) is 0 Å². The minimum atomic E-state index is -4.62. The van der Waals surface area contributed by atoms with Crippen LogP contribution >= 0.6 is 11.3 Å². The zero-order valence-electron chi connectivity index (χ0n) is 23.3. The molecule has 0 fully saturated rings. The van der Waals surface area contributed by atoms with Gasteiger partial charge < -0.3 is 14.8 Å². The molecule has 1 N–H and O–H groups in total. The minimum Gasteiger partial charge on any atom is -0.497 e. The van der Waals surface area contributed by atoms with Crippen LogP contribution in [0.5, 0.6) is 11.5 Å². The van der Waals surface area contributed by atoms with Crippen LogP contribution in [0.1, 0.15) is 5.56 Å². The van der Waals surface area contributed by atoms with Crippen molar-refractivity contribution < 1.29 is 27.6 Å². The topological polar surface area (TPSA) is 141 Å². The molecule has 0 bridgehead atoms. The van der Waals surface area contributed by atoms with Crippen LogP contribution in [-0.4, -0.2) is 45.0 Å². The van der Waals surface area contributed by atoms with Gasteiger partial charge in [0.05, 0.1) is 35.0 Å². The molecule has 5 rings (SSSR count). The van der Waals surface area contributed by atoms with Gasteiger partial charge in [0.25, 0.3) is 15.7 Å². The predicted octanol–water partition coefficient (Wildman–Crippen LogP) is 6.03. The number of carbonyl (C=O) groups is 1. The lowest BCUT2D eigenvalue weighted by Crippen LogP contribution is -2.38. The summed E-state index contributed by atoms with van der Waals surface area (Å²) in [6.45, 7) is 1.32. The lowest BCUT2D eigenvalue weighted by Gasteiger charge is -2.25. The number of carbonyl (C=O) groups excluding carboxylic acids is 1. The van der Waals surface area contributed by atoms with E-state index in [2.05, 4.69) is 16.4 Å². The van der Waals surface area contributed by atoms with Crippen LogP contribution in [0.25, 0.3) is 20.8 Å². The number of rotatable bonds is 10. The smallest absolute Gasteiger partial charge is 0.289 e. The van der Waals surface area contributed by atoms with Gasteiger partial charge in [-0.1, -0.05) is 18.2 Å². The van der Waals surface area contributed by atoms with Crippen LogP contribution in [0.3, 0.4) is 0 Å². The molecular weight excluding hydrogens is 592 g/mol. The fraction of sp³-hybridized carbons (Fsp3) is 0.133. The van der Waals surface area contributed by atoms with E-state index in [0.29, 0.717) is 11.4 Å². The summed E-state index contributed by atoms with van der Waals surface area (Å²) in [5, 5.41) is 15.2. The second kappa shape index (κ2) is 12.1. The van der Waals surface area contributed by atoms with Crippen molar-refractivity contribution in [3.05, 3.63) is 101 Å². The molecule has 1 aromatic heterocycles. The summed E-state index contributed by atoms with van der Waals surface area (Å²) in [4.78, 5) is 28.3. The summed E-state index contributed by atoms with van der Waals surface area (Å²) in [5.41, 5.74) is 2.71. The molecule has 0 saturated carbocycles. The average molecular weight is 619 g/mol. The molecule has 5 aromatic rings. The molecule has 4 aromatic carbocycles. The van der Waals surface area contributed by atoms with Gasteiger partial charge in [0.2, 0.25) is 5.91 Å². The molecule has 43 heavy (non-hydrogen) atoms. The number of hydrogen-bond donors (Lipinski definition) is 1. The summed E-state index contributed by atoms with van der Waals surface area (Å²) in [6.07, 6.45) is 0. The molecule has 0 radical (unpaired) electrons. The Kier molecular flexibility index (Phi) is 8.28. The molecule has 0 atom stereocenters. The second-order valence-corrected chi connectivity index (χ2v) is 12.3. The summed E-state index contributed by atoms with van der Waals surface area (Å²) in [5.74, 6) is -0.204. The molecular formula is C30H26N4O7S2. The fourth-order valence-corrected chi connectivity index (χ4v) is 7.08. The largest absolute Gasteiger partial charge is 0.497 e. The molecule has 0 aliphatic carbocycles. The Morgan fingerprint density at radius 1 is 1.00 bits per heavy atom. The van der Waals surface area contributed by atoms with Gasteiger partial charge in [0.15, 0.2) is 4.90 Å². The van der Waals surface area contributed by atoms with E-state index < -0.39 is 38.0 Å². The fourth-order valence-electron chi connectivity index (χ4n) is 4.42. The lowest BCUT2D eigenvalue weighted by atomic mass is 10.2. The number of benzene rings is 4. The average Bonchev–Trinajstić information content (AvgIpc) is 3.43. The van der Waals surface area contributed by atoms with E-state index >= 15 is 0 Å². The Labute approximate surface area is 251 Å². The maximum atomic E-state index is 13.9. The van der Waals surface area contributed by atoms with Crippen LogP contribution < -0.4 is 19.1 Å². The summed E-state index contributed by atoms with van der Waals surface area (Å²) >= 11 is 1.56. The zero-order chi connectivity index (χ0) is 30.7. The first kappa shape index (κ1) is 29.5. The predicted molar refractivity (Wildman–Crippen MR) is 166 cm³/mol. The maximum absolute atomic E-state index is 13.9. The van der Waals surface area contributed by atoms with Gasteiger partial charge >= 0.3 is 0 Å². The number of methoxy groups -OCH3 is 2. The van der Waals surface area contributed by atoms with E-state index in [4.69, 9.17) is 9.47 Å². The number of sulfonamides is 1. The van der Waals surface area contributed by atoms with Crippen molar-refractivity contribution in [2.75, 3.05) is 30.4 Å². The number of thiazole rings is 1. The van der Waals surface area contributed by atoms with Crippen molar-refractivity contribution in [2.45, 2.75) is 11.8 Å². The van der Waals surface area contributed by atoms with Crippen molar-refractivity contribution in [2.24, 2.45) is 0 Å². The Hall–Kier alpha value is -5.01. The monoisotopic (exact) mass is 618 g/mol. The number of nitrogens with one attached hydrogen (secondary N) is 1.